The van der Waals surface area contributed by atoms with E-state index in [1.54, 1.807) is 32.2 Å². The number of ether oxygens (including phenoxy) is 1. The summed E-state index contributed by atoms with van der Waals surface area (Å²) in [5.74, 6) is 0.522. The van der Waals surface area contributed by atoms with Gasteiger partial charge in [0.15, 0.2) is 0 Å². The predicted octanol–water partition coefficient (Wildman–Crippen LogP) is 2.53. The zero-order valence-electron chi connectivity index (χ0n) is 19.0. The fourth-order valence-corrected chi connectivity index (χ4v) is 4.00. The van der Waals surface area contributed by atoms with Crippen LogP contribution in [0.4, 0.5) is 0 Å². The van der Waals surface area contributed by atoms with Crippen molar-refractivity contribution < 1.29 is 9.53 Å². The highest BCUT2D eigenvalue weighted by Crippen LogP contribution is 2.24. The van der Waals surface area contributed by atoms with E-state index in [0.717, 1.165) is 24.4 Å². The molecule has 0 bridgehead atoms. The fraction of sp³-hybridized carbons (Fsp3) is 0.375. The number of aryl methyl sites for hydroxylation is 1. The third-order valence-corrected chi connectivity index (χ3v) is 5.74. The second-order valence-electron chi connectivity index (χ2n) is 7.46. The maximum absolute atomic E-state index is 12.9. The molecule has 0 saturated carbocycles. The maximum atomic E-state index is 12.9. The number of amides is 1. The molecule has 0 spiro atoms. The first-order valence-electron chi connectivity index (χ1n) is 10.9. The minimum absolute atomic E-state index is 0.0189. The molecule has 8 nitrogen and oxygen atoms in total. The first kappa shape index (κ1) is 23.3. The van der Waals surface area contributed by atoms with Crippen molar-refractivity contribution in [1.82, 2.24) is 19.8 Å². The number of nitrogens with zero attached hydrogens (tertiary/aromatic N) is 2. The first-order valence-corrected chi connectivity index (χ1v) is 10.9. The van der Waals surface area contributed by atoms with E-state index in [1.165, 1.54) is 4.57 Å². The highest BCUT2D eigenvalue weighted by Gasteiger charge is 2.20. The van der Waals surface area contributed by atoms with Crippen molar-refractivity contribution in [1.29, 1.82) is 0 Å². The molecule has 1 aromatic heterocycles. The van der Waals surface area contributed by atoms with E-state index in [2.05, 4.69) is 29.0 Å². The van der Waals surface area contributed by atoms with Crippen LogP contribution in [-0.4, -0.2) is 47.1 Å². The largest absolute Gasteiger partial charge is 0.497 e. The number of benzene rings is 2. The van der Waals surface area contributed by atoms with E-state index in [0.29, 0.717) is 29.7 Å². The zero-order chi connectivity index (χ0) is 23.3. The number of H-pyrrole nitrogens is 1. The minimum Gasteiger partial charge on any atom is -0.497 e. The molecular formula is C24H30N4O4. The van der Waals surface area contributed by atoms with Crippen molar-refractivity contribution in [2.75, 3.05) is 26.7 Å². The van der Waals surface area contributed by atoms with Crippen molar-refractivity contribution >= 4 is 16.9 Å². The Morgan fingerprint density at radius 3 is 2.53 bits per heavy atom. The van der Waals surface area contributed by atoms with Crippen LogP contribution in [0.2, 0.25) is 0 Å². The van der Waals surface area contributed by atoms with E-state index >= 15 is 0 Å². The third kappa shape index (κ3) is 4.75. The van der Waals surface area contributed by atoms with E-state index < -0.39 is 11.1 Å². The topological polar surface area (TPSA) is 96.4 Å². The molecule has 0 aliphatic heterocycles. The number of methoxy groups -OCH3 is 1. The summed E-state index contributed by atoms with van der Waals surface area (Å²) in [5.41, 5.74) is 1.22. The van der Waals surface area contributed by atoms with Crippen LogP contribution in [0, 0.1) is 0 Å². The van der Waals surface area contributed by atoms with Crippen LogP contribution in [0.1, 0.15) is 42.7 Å². The molecular weight excluding hydrogens is 408 g/mol. The summed E-state index contributed by atoms with van der Waals surface area (Å²) in [6, 6.07) is 12.8. The number of aromatic amines is 1. The van der Waals surface area contributed by atoms with Gasteiger partial charge in [-0.05, 0) is 55.9 Å². The standard InChI is InChI=1S/C24H30N4O4/c1-5-27(6-2)21(16-9-8-10-18(13-16)32-4)15-25-22(29)17-11-12-20-19(14-17)26-23(30)24(31)28(20)7-3/h8-14,21H,5-7,15H2,1-4H3,(H,25,29)(H,26,30). The Hall–Kier alpha value is -3.39. The lowest BCUT2D eigenvalue weighted by molar-refractivity contribution is 0.0935. The Balaban J connectivity index is 1.87. The van der Waals surface area contributed by atoms with Gasteiger partial charge in [0.1, 0.15) is 5.75 Å². The molecule has 170 valence electrons. The molecule has 1 atom stereocenters. The lowest BCUT2D eigenvalue weighted by Gasteiger charge is -2.30. The van der Waals surface area contributed by atoms with Crippen LogP contribution in [0.25, 0.3) is 11.0 Å². The second-order valence-corrected chi connectivity index (χ2v) is 7.46. The summed E-state index contributed by atoms with van der Waals surface area (Å²) in [6.07, 6.45) is 0. The second kappa shape index (κ2) is 10.3. The average Bonchev–Trinajstić information content (AvgIpc) is 2.82. The molecule has 0 fully saturated rings. The number of rotatable bonds is 9. The van der Waals surface area contributed by atoms with Crippen molar-refractivity contribution in [3.8, 4) is 5.75 Å². The van der Waals surface area contributed by atoms with Crippen molar-refractivity contribution in [3.63, 3.8) is 0 Å². The molecule has 0 aliphatic carbocycles. The normalized spacial score (nSPS) is 12.2. The van der Waals surface area contributed by atoms with Crippen molar-refractivity contribution in [2.24, 2.45) is 0 Å². The van der Waals surface area contributed by atoms with Gasteiger partial charge < -0.3 is 19.6 Å². The molecule has 0 aliphatic rings. The van der Waals surface area contributed by atoms with Gasteiger partial charge in [0.25, 0.3) is 5.91 Å². The number of hydrogen-bond acceptors (Lipinski definition) is 5. The Bertz CT molecular complexity index is 1210. The third-order valence-electron chi connectivity index (χ3n) is 5.74. The van der Waals surface area contributed by atoms with Crippen molar-refractivity contribution in [3.05, 3.63) is 74.3 Å². The molecule has 8 heteroatoms. The number of aromatic nitrogens is 2. The van der Waals surface area contributed by atoms with E-state index in [9.17, 15) is 14.4 Å². The Morgan fingerprint density at radius 2 is 1.88 bits per heavy atom. The van der Waals surface area contributed by atoms with Gasteiger partial charge in [-0.25, -0.2) is 0 Å². The predicted molar refractivity (Wildman–Crippen MR) is 125 cm³/mol. The maximum Gasteiger partial charge on any atom is 0.316 e. The number of likely N-dealkylation sites (N-methyl/N-ethyl adjacent to an activating group) is 1. The highest BCUT2D eigenvalue weighted by atomic mass is 16.5. The number of carbonyl (C=O) groups excluding carboxylic acids is 1. The quantitative estimate of drug-likeness (QED) is 0.501. The molecule has 1 unspecified atom stereocenters. The SMILES string of the molecule is CCN(CC)C(CNC(=O)c1ccc2c(c1)[nH]c(=O)c(=O)n2CC)c1cccc(OC)c1. The number of nitrogens with one attached hydrogen (secondary N) is 2. The summed E-state index contributed by atoms with van der Waals surface area (Å²) in [5, 5.41) is 3.02. The van der Waals surface area contributed by atoms with Gasteiger partial charge in [0.2, 0.25) is 0 Å². The molecule has 1 amide bonds. The summed E-state index contributed by atoms with van der Waals surface area (Å²) >= 11 is 0. The summed E-state index contributed by atoms with van der Waals surface area (Å²) in [4.78, 5) is 41.8. The minimum atomic E-state index is -0.698. The fourth-order valence-electron chi connectivity index (χ4n) is 4.00. The van der Waals surface area contributed by atoms with Crippen LogP contribution in [0.15, 0.2) is 52.1 Å². The smallest absolute Gasteiger partial charge is 0.316 e. The highest BCUT2D eigenvalue weighted by molar-refractivity contribution is 5.97. The Morgan fingerprint density at radius 1 is 1.12 bits per heavy atom. The Labute approximate surface area is 186 Å². The monoisotopic (exact) mass is 438 g/mol. The molecule has 1 heterocycles. The lowest BCUT2D eigenvalue weighted by atomic mass is 10.0. The van der Waals surface area contributed by atoms with Crippen LogP contribution in [-0.2, 0) is 6.54 Å². The first-order chi connectivity index (χ1) is 15.4. The molecule has 3 aromatic rings. The summed E-state index contributed by atoms with van der Waals surface area (Å²) < 4.78 is 6.76. The van der Waals surface area contributed by atoms with Gasteiger partial charge in [0, 0.05) is 18.7 Å². The van der Waals surface area contributed by atoms with Gasteiger partial charge >= 0.3 is 11.1 Å². The molecule has 3 rings (SSSR count). The zero-order valence-corrected chi connectivity index (χ0v) is 19.0. The van der Waals surface area contributed by atoms with Gasteiger partial charge in [-0.3, -0.25) is 19.3 Å². The average molecular weight is 439 g/mol. The summed E-state index contributed by atoms with van der Waals surface area (Å²) in [6.45, 7) is 8.43. The summed E-state index contributed by atoms with van der Waals surface area (Å²) in [7, 11) is 1.63. The number of fused-ring (bicyclic) bond motifs is 1. The molecule has 32 heavy (non-hydrogen) atoms. The van der Waals surface area contributed by atoms with Gasteiger partial charge in [-0.1, -0.05) is 26.0 Å². The van der Waals surface area contributed by atoms with E-state index in [1.807, 2.05) is 24.3 Å². The van der Waals surface area contributed by atoms with Gasteiger partial charge in [-0.15, -0.1) is 0 Å². The Kier molecular flexibility index (Phi) is 7.48. The van der Waals surface area contributed by atoms with Crippen LogP contribution >= 0.6 is 0 Å². The number of carbonyl (C=O) groups is 1. The van der Waals surface area contributed by atoms with Crippen molar-refractivity contribution in [2.45, 2.75) is 33.4 Å². The lowest BCUT2D eigenvalue weighted by Crippen LogP contribution is -2.38. The van der Waals surface area contributed by atoms with Crippen LogP contribution < -0.4 is 21.2 Å². The molecule has 0 radical (unpaired) electrons. The molecule has 2 N–H and O–H groups in total. The van der Waals surface area contributed by atoms with Crippen LogP contribution in [0.5, 0.6) is 5.75 Å². The van der Waals surface area contributed by atoms with E-state index in [4.69, 9.17) is 4.74 Å². The molecule has 2 aromatic carbocycles. The van der Waals surface area contributed by atoms with Gasteiger partial charge in [0.05, 0.1) is 24.2 Å². The molecule has 0 saturated heterocycles. The number of hydrogen-bond donors (Lipinski definition) is 2. The van der Waals surface area contributed by atoms with Gasteiger partial charge in [-0.2, -0.15) is 0 Å². The van der Waals surface area contributed by atoms with E-state index in [-0.39, 0.29) is 11.9 Å². The van der Waals surface area contributed by atoms with Crippen LogP contribution in [0.3, 0.4) is 0 Å².